The van der Waals surface area contributed by atoms with Crippen molar-refractivity contribution in [3.63, 3.8) is 0 Å². The van der Waals surface area contributed by atoms with Crippen LogP contribution in [0.5, 0.6) is 0 Å². The number of carbonyl (C=O) groups is 1. The zero-order valence-electron chi connectivity index (χ0n) is 10.8. The van der Waals surface area contributed by atoms with Crippen LogP contribution in [0.3, 0.4) is 0 Å². The Morgan fingerprint density at radius 2 is 2.42 bits per heavy atom. The van der Waals surface area contributed by atoms with E-state index in [1.54, 1.807) is 12.3 Å². The zero-order valence-corrected chi connectivity index (χ0v) is 10.8. The van der Waals surface area contributed by atoms with Crippen molar-refractivity contribution in [2.45, 2.75) is 26.3 Å². The average molecular weight is 263 g/mol. The molecule has 19 heavy (non-hydrogen) atoms. The Bertz CT molecular complexity index is 532. The lowest BCUT2D eigenvalue weighted by molar-refractivity contribution is 0.0944. The van der Waals surface area contributed by atoms with Crippen molar-refractivity contribution in [2.24, 2.45) is 0 Å². The number of hydrogen-bond acceptors (Lipinski definition) is 5. The molecule has 0 radical (unpaired) electrons. The molecule has 0 aliphatic carbocycles. The number of carbonyl (C=O) groups excluding carboxylic acids is 1. The number of nitrogens with zero attached hydrogens (tertiary/aromatic N) is 3. The van der Waals surface area contributed by atoms with Crippen LogP contribution >= 0.6 is 0 Å². The van der Waals surface area contributed by atoms with Gasteiger partial charge in [-0.05, 0) is 12.5 Å². The number of rotatable bonds is 6. The van der Waals surface area contributed by atoms with E-state index in [1.165, 1.54) is 6.33 Å². The van der Waals surface area contributed by atoms with Gasteiger partial charge < -0.3 is 20.1 Å². The van der Waals surface area contributed by atoms with Crippen LogP contribution in [-0.4, -0.2) is 27.2 Å². The third-order valence-corrected chi connectivity index (χ3v) is 2.65. The second-order valence-electron chi connectivity index (χ2n) is 4.19. The standard InChI is InChI=1S/C12H17N5O2/c1-2-5-17-7-9(13)6-10(17)12(18)14-4-3-11-15-8-16-19-11/h6-8H,2-5,13H2,1H3,(H,14,18). The van der Waals surface area contributed by atoms with Crippen LogP contribution in [0.1, 0.15) is 29.7 Å². The Hall–Kier alpha value is -2.31. The molecule has 0 bridgehead atoms. The van der Waals surface area contributed by atoms with Gasteiger partial charge in [-0.25, -0.2) is 0 Å². The summed E-state index contributed by atoms with van der Waals surface area (Å²) in [6, 6.07) is 1.68. The smallest absolute Gasteiger partial charge is 0.267 e. The third-order valence-electron chi connectivity index (χ3n) is 2.65. The lowest BCUT2D eigenvalue weighted by atomic mass is 10.3. The van der Waals surface area contributed by atoms with Crippen LogP contribution < -0.4 is 11.1 Å². The average Bonchev–Trinajstić information content (AvgIpc) is 2.99. The third kappa shape index (κ3) is 3.34. The van der Waals surface area contributed by atoms with Crippen LogP contribution in [0.15, 0.2) is 23.1 Å². The molecular weight excluding hydrogens is 246 g/mol. The molecule has 7 heteroatoms. The van der Waals surface area contributed by atoms with Crippen molar-refractivity contribution in [3.8, 4) is 0 Å². The van der Waals surface area contributed by atoms with Crippen LogP contribution in [0.25, 0.3) is 0 Å². The molecule has 0 saturated carbocycles. The number of amides is 1. The summed E-state index contributed by atoms with van der Waals surface area (Å²) >= 11 is 0. The maximum Gasteiger partial charge on any atom is 0.267 e. The second kappa shape index (κ2) is 6.03. The number of hydrogen-bond donors (Lipinski definition) is 2. The molecule has 0 saturated heterocycles. The highest BCUT2D eigenvalue weighted by Crippen LogP contribution is 2.11. The summed E-state index contributed by atoms with van der Waals surface area (Å²) in [6.45, 7) is 3.26. The minimum absolute atomic E-state index is 0.148. The maximum absolute atomic E-state index is 12.0. The first-order valence-electron chi connectivity index (χ1n) is 6.20. The second-order valence-corrected chi connectivity index (χ2v) is 4.19. The van der Waals surface area contributed by atoms with E-state index in [4.69, 9.17) is 10.3 Å². The number of nitrogens with one attached hydrogen (secondary N) is 1. The minimum Gasteiger partial charge on any atom is -0.397 e. The molecule has 1 amide bonds. The van der Waals surface area contributed by atoms with Crippen molar-refractivity contribution in [3.05, 3.63) is 30.2 Å². The summed E-state index contributed by atoms with van der Waals surface area (Å²) in [4.78, 5) is 15.9. The summed E-state index contributed by atoms with van der Waals surface area (Å²) in [5, 5.41) is 6.31. The Morgan fingerprint density at radius 1 is 1.58 bits per heavy atom. The molecule has 102 valence electrons. The molecule has 0 unspecified atom stereocenters. The minimum atomic E-state index is -0.148. The number of aromatic nitrogens is 3. The molecule has 3 N–H and O–H groups in total. The van der Waals surface area contributed by atoms with Gasteiger partial charge in [0.2, 0.25) is 5.89 Å². The van der Waals surface area contributed by atoms with Gasteiger partial charge in [-0.3, -0.25) is 4.79 Å². The topological polar surface area (TPSA) is 99.0 Å². The molecule has 0 atom stereocenters. The molecular formula is C12H17N5O2. The highest BCUT2D eigenvalue weighted by Gasteiger charge is 2.12. The Balaban J connectivity index is 1.92. The van der Waals surface area contributed by atoms with Gasteiger partial charge in [-0.1, -0.05) is 12.1 Å². The quantitative estimate of drug-likeness (QED) is 0.804. The maximum atomic E-state index is 12.0. The highest BCUT2D eigenvalue weighted by molar-refractivity contribution is 5.93. The van der Waals surface area contributed by atoms with E-state index in [2.05, 4.69) is 15.5 Å². The highest BCUT2D eigenvalue weighted by atomic mass is 16.5. The zero-order chi connectivity index (χ0) is 13.7. The van der Waals surface area contributed by atoms with Crippen LogP contribution in [0.4, 0.5) is 5.69 Å². The lowest BCUT2D eigenvalue weighted by Gasteiger charge is -2.07. The Kier molecular flexibility index (Phi) is 4.17. The fourth-order valence-corrected chi connectivity index (χ4v) is 1.83. The molecule has 0 fully saturated rings. The largest absolute Gasteiger partial charge is 0.397 e. The van der Waals surface area contributed by atoms with Crippen molar-refractivity contribution >= 4 is 11.6 Å². The van der Waals surface area contributed by atoms with E-state index < -0.39 is 0 Å². The summed E-state index contributed by atoms with van der Waals surface area (Å²) in [6.07, 6.45) is 4.56. The number of nitrogens with two attached hydrogens (primary N) is 1. The molecule has 0 aromatic carbocycles. The Labute approximate surface area is 110 Å². The SMILES string of the molecule is CCCn1cc(N)cc1C(=O)NCCc1ncno1. The van der Waals surface area contributed by atoms with Crippen molar-refractivity contribution in [1.82, 2.24) is 20.0 Å². The number of anilines is 1. The summed E-state index contributed by atoms with van der Waals surface area (Å²) in [5.74, 6) is 0.355. The van der Waals surface area contributed by atoms with Crippen LogP contribution in [0, 0.1) is 0 Å². The molecule has 2 aromatic rings. The van der Waals surface area contributed by atoms with E-state index in [0.29, 0.717) is 30.2 Å². The summed E-state index contributed by atoms with van der Waals surface area (Å²) < 4.78 is 6.71. The van der Waals surface area contributed by atoms with Gasteiger partial charge in [0.1, 0.15) is 5.69 Å². The fourth-order valence-electron chi connectivity index (χ4n) is 1.83. The van der Waals surface area contributed by atoms with Gasteiger partial charge in [-0.2, -0.15) is 4.98 Å². The number of aryl methyl sites for hydroxylation is 1. The van der Waals surface area contributed by atoms with E-state index in [0.717, 1.165) is 13.0 Å². The molecule has 0 spiro atoms. The van der Waals surface area contributed by atoms with Crippen molar-refractivity contribution < 1.29 is 9.32 Å². The van der Waals surface area contributed by atoms with E-state index in [1.807, 2.05) is 11.5 Å². The predicted octanol–water partition coefficient (Wildman–Crippen LogP) is 0.836. The predicted molar refractivity (Wildman–Crippen MR) is 69.5 cm³/mol. The van der Waals surface area contributed by atoms with Crippen LogP contribution in [-0.2, 0) is 13.0 Å². The van der Waals surface area contributed by atoms with E-state index in [9.17, 15) is 4.79 Å². The van der Waals surface area contributed by atoms with Crippen LogP contribution in [0.2, 0.25) is 0 Å². The fraction of sp³-hybridized carbons (Fsp3) is 0.417. The molecule has 0 aliphatic rings. The van der Waals surface area contributed by atoms with Crippen molar-refractivity contribution in [1.29, 1.82) is 0 Å². The lowest BCUT2D eigenvalue weighted by Crippen LogP contribution is -2.27. The Morgan fingerprint density at radius 3 is 3.11 bits per heavy atom. The first kappa shape index (κ1) is 13.1. The normalized spacial score (nSPS) is 10.6. The van der Waals surface area contributed by atoms with E-state index >= 15 is 0 Å². The monoisotopic (exact) mass is 263 g/mol. The first-order chi connectivity index (χ1) is 9.20. The van der Waals surface area contributed by atoms with Gasteiger partial charge in [0, 0.05) is 25.7 Å². The summed E-state index contributed by atoms with van der Waals surface area (Å²) in [7, 11) is 0. The molecule has 0 aliphatic heterocycles. The van der Waals surface area contributed by atoms with Gasteiger partial charge in [-0.15, -0.1) is 0 Å². The molecule has 2 rings (SSSR count). The van der Waals surface area contributed by atoms with Gasteiger partial charge in [0.05, 0.1) is 5.69 Å². The van der Waals surface area contributed by atoms with Gasteiger partial charge in [0.25, 0.3) is 5.91 Å². The van der Waals surface area contributed by atoms with Crippen molar-refractivity contribution in [2.75, 3.05) is 12.3 Å². The number of nitrogen functional groups attached to an aromatic ring is 1. The molecule has 7 nitrogen and oxygen atoms in total. The van der Waals surface area contributed by atoms with Gasteiger partial charge in [0.15, 0.2) is 6.33 Å². The van der Waals surface area contributed by atoms with Gasteiger partial charge >= 0.3 is 0 Å². The first-order valence-corrected chi connectivity index (χ1v) is 6.20. The van der Waals surface area contributed by atoms with E-state index in [-0.39, 0.29) is 5.91 Å². The molecule has 2 aromatic heterocycles. The molecule has 2 heterocycles. The summed E-state index contributed by atoms with van der Waals surface area (Å²) in [5.41, 5.74) is 6.89.